The quantitative estimate of drug-likeness (QED) is 0.0906. The average Bonchev–Trinajstić information content (AvgIpc) is 2.82. The monoisotopic (exact) mass is 526 g/mol. The van der Waals surface area contributed by atoms with E-state index in [4.69, 9.17) is 14.2 Å². The Labute approximate surface area is 205 Å². The standard InChI is InChI=1S/C20H18N2O13S/c1-13(23)34-18-5-3-2-4-17(18)20(25)32-12-31-19(24)14-6-8-16(9-7-14)36(30)11-15(35-22(28)29)10-33-21(26)27/h2-9,15H,10-12H2,1H3. The van der Waals surface area contributed by atoms with Crippen molar-refractivity contribution >= 4 is 29.1 Å². The Kier molecular flexibility index (Phi) is 10.4. The SMILES string of the molecule is CC(=O)Oc1ccccc1C(=O)OCOC(=O)c1ccc([S+]([O-])CC(CO[N+](=O)[O-])O[N+](=O)[O-])cc1. The van der Waals surface area contributed by atoms with E-state index in [-0.39, 0.29) is 21.8 Å². The van der Waals surface area contributed by atoms with Crippen molar-refractivity contribution in [3.63, 3.8) is 0 Å². The van der Waals surface area contributed by atoms with Crippen LogP contribution >= 0.6 is 0 Å². The van der Waals surface area contributed by atoms with Crippen LogP contribution in [0.15, 0.2) is 53.4 Å². The van der Waals surface area contributed by atoms with Crippen LogP contribution in [-0.2, 0) is 35.1 Å². The maximum Gasteiger partial charge on any atom is 0.344 e. The lowest BCUT2D eigenvalue weighted by Gasteiger charge is -2.16. The first-order valence-corrected chi connectivity index (χ1v) is 11.1. The minimum atomic E-state index is -1.89. The zero-order valence-corrected chi connectivity index (χ0v) is 19.2. The van der Waals surface area contributed by atoms with E-state index in [0.717, 1.165) is 6.92 Å². The third kappa shape index (κ3) is 9.07. The highest BCUT2D eigenvalue weighted by molar-refractivity contribution is 7.91. The molecule has 0 heterocycles. The van der Waals surface area contributed by atoms with Gasteiger partial charge in [-0.25, -0.2) is 9.59 Å². The van der Waals surface area contributed by atoms with Gasteiger partial charge in [0, 0.05) is 6.92 Å². The van der Waals surface area contributed by atoms with E-state index in [1.807, 2.05) is 0 Å². The predicted octanol–water partition coefficient (Wildman–Crippen LogP) is 1.48. The highest BCUT2D eigenvalue weighted by Crippen LogP contribution is 2.19. The number of hydrogen-bond acceptors (Lipinski definition) is 13. The Hall–Kier alpha value is -4.44. The lowest BCUT2D eigenvalue weighted by molar-refractivity contribution is -0.788. The van der Waals surface area contributed by atoms with Crippen molar-refractivity contribution in [2.75, 3.05) is 19.2 Å². The molecule has 0 spiro atoms. The van der Waals surface area contributed by atoms with E-state index in [1.165, 1.54) is 42.5 Å². The summed E-state index contributed by atoms with van der Waals surface area (Å²) in [7, 11) is 0. The van der Waals surface area contributed by atoms with E-state index >= 15 is 0 Å². The molecule has 2 atom stereocenters. The van der Waals surface area contributed by atoms with Crippen molar-refractivity contribution in [1.29, 1.82) is 0 Å². The number of esters is 3. The fraction of sp³-hybridized carbons (Fsp3) is 0.250. The minimum absolute atomic E-state index is 0.00175. The zero-order chi connectivity index (χ0) is 26.7. The molecule has 0 aliphatic rings. The Morgan fingerprint density at radius 3 is 2.19 bits per heavy atom. The number of nitrogens with zero attached hydrogens (tertiary/aromatic N) is 2. The smallest absolute Gasteiger partial charge is 0.344 e. The van der Waals surface area contributed by atoms with Crippen LogP contribution in [0.25, 0.3) is 0 Å². The van der Waals surface area contributed by atoms with Crippen LogP contribution in [0.3, 0.4) is 0 Å². The van der Waals surface area contributed by atoms with Crippen molar-refractivity contribution in [2.45, 2.75) is 17.9 Å². The van der Waals surface area contributed by atoms with Crippen LogP contribution in [0, 0.1) is 20.2 Å². The van der Waals surface area contributed by atoms with E-state index in [0.29, 0.717) is 0 Å². The van der Waals surface area contributed by atoms with Gasteiger partial charge in [-0.3, -0.25) is 4.79 Å². The van der Waals surface area contributed by atoms with Gasteiger partial charge in [0.2, 0.25) is 6.79 Å². The Bertz CT molecular complexity index is 1110. The maximum absolute atomic E-state index is 12.4. The first-order valence-electron chi connectivity index (χ1n) is 9.75. The van der Waals surface area contributed by atoms with Gasteiger partial charge in [-0.2, -0.15) is 0 Å². The summed E-state index contributed by atoms with van der Waals surface area (Å²) in [6.07, 6.45) is -1.48. The predicted molar refractivity (Wildman–Crippen MR) is 116 cm³/mol. The summed E-state index contributed by atoms with van der Waals surface area (Å²) >= 11 is -1.89. The van der Waals surface area contributed by atoms with Crippen molar-refractivity contribution in [2.24, 2.45) is 0 Å². The van der Waals surface area contributed by atoms with Crippen molar-refractivity contribution in [3.05, 3.63) is 79.9 Å². The first-order chi connectivity index (χ1) is 17.1. The largest absolute Gasteiger partial charge is 0.611 e. The number of carbonyl (C=O) groups excluding carboxylic acids is 3. The molecular formula is C20H18N2O13S. The Morgan fingerprint density at radius 2 is 1.58 bits per heavy atom. The highest BCUT2D eigenvalue weighted by atomic mass is 32.2. The molecule has 0 aliphatic heterocycles. The second-order valence-corrected chi connectivity index (χ2v) is 8.07. The fourth-order valence-corrected chi connectivity index (χ4v) is 3.69. The summed E-state index contributed by atoms with van der Waals surface area (Å²) in [6, 6.07) is 10.8. The normalized spacial score (nSPS) is 11.9. The molecule has 0 N–H and O–H groups in total. The van der Waals surface area contributed by atoms with Crippen LogP contribution in [0.4, 0.5) is 0 Å². The molecule has 36 heavy (non-hydrogen) atoms. The Balaban J connectivity index is 1.91. The molecular weight excluding hydrogens is 508 g/mol. The van der Waals surface area contributed by atoms with Crippen molar-refractivity contribution in [3.8, 4) is 5.75 Å². The molecule has 2 rings (SSSR count). The number of ether oxygens (including phenoxy) is 3. The number of para-hydroxylation sites is 1. The molecule has 2 aromatic rings. The van der Waals surface area contributed by atoms with Gasteiger partial charge in [-0.05, 0) is 47.6 Å². The number of carbonyl (C=O) groups is 3. The van der Waals surface area contributed by atoms with Gasteiger partial charge in [0.05, 0.1) is 5.56 Å². The van der Waals surface area contributed by atoms with E-state index in [2.05, 4.69) is 9.68 Å². The van der Waals surface area contributed by atoms with Gasteiger partial charge in [0.1, 0.15) is 23.7 Å². The third-order valence-electron chi connectivity index (χ3n) is 4.03. The van der Waals surface area contributed by atoms with Crippen LogP contribution in [0.1, 0.15) is 27.6 Å². The summed E-state index contributed by atoms with van der Waals surface area (Å²) in [5.41, 5.74) is -0.0551. The molecule has 0 aromatic heterocycles. The average molecular weight is 526 g/mol. The molecule has 0 aliphatic carbocycles. The molecule has 0 amide bonds. The van der Waals surface area contributed by atoms with Gasteiger partial charge in [-0.1, -0.05) is 12.1 Å². The third-order valence-corrected chi connectivity index (χ3v) is 5.50. The molecule has 0 radical (unpaired) electrons. The lowest BCUT2D eigenvalue weighted by Crippen LogP contribution is -2.32. The second-order valence-electron chi connectivity index (χ2n) is 6.58. The van der Waals surface area contributed by atoms with E-state index in [1.54, 1.807) is 6.07 Å². The summed E-state index contributed by atoms with van der Waals surface area (Å²) in [6.45, 7) is -0.404. The molecule has 0 saturated carbocycles. The molecule has 0 bridgehead atoms. The Morgan fingerprint density at radius 1 is 0.944 bits per heavy atom. The van der Waals surface area contributed by atoms with Gasteiger partial charge < -0.3 is 28.4 Å². The van der Waals surface area contributed by atoms with Crippen LogP contribution in [-0.4, -0.2) is 57.9 Å². The first kappa shape index (κ1) is 27.8. The second kappa shape index (κ2) is 13.4. The topological polar surface area (TPSA) is 207 Å². The number of hydrogen-bond donors (Lipinski definition) is 0. The number of rotatable bonds is 13. The van der Waals surface area contributed by atoms with Gasteiger partial charge in [-0.15, -0.1) is 20.2 Å². The van der Waals surface area contributed by atoms with Crippen LogP contribution in [0.2, 0.25) is 0 Å². The van der Waals surface area contributed by atoms with Crippen LogP contribution < -0.4 is 4.74 Å². The summed E-state index contributed by atoms with van der Waals surface area (Å²) in [5.74, 6) is -2.96. The number of benzene rings is 2. The molecule has 0 saturated heterocycles. The van der Waals surface area contributed by atoms with Crippen molar-refractivity contribution < 1.29 is 53.0 Å². The lowest BCUT2D eigenvalue weighted by atomic mass is 10.2. The molecule has 15 nitrogen and oxygen atoms in total. The fourth-order valence-electron chi connectivity index (χ4n) is 2.56. The molecule has 2 aromatic carbocycles. The molecule has 2 unspecified atom stereocenters. The summed E-state index contributed by atoms with van der Waals surface area (Å²) in [5, 5.41) is 18.4. The highest BCUT2D eigenvalue weighted by Gasteiger charge is 2.24. The molecule has 0 fully saturated rings. The summed E-state index contributed by atoms with van der Waals surface area (Å²) < 4.78 is 27.1. The maximum atomic E-state index is 12.4. The van der Waals surface area contributed by atoms with Gasteiger partial charge in [0.25, 0.3) is 10.2 Å². The van der Waals surface area contributed by atoms with Crippen molar-refractivity contribution in [1.82, 2.24) is 0 Å². The minimum Gasteiger partial charge on any atom is -0.611 e. The zero-order valence-electron chi connectivity index (χ0n) is 18.4. The van der Waals surface area contributed by atoms with Gasteiger partial charge in [0.15, 0.2) is 11.0 Å². The molecule has 16 heteroatoms. The van der Waals surface area contributed by atoms with E-state index in [9.17, 15) is 39.2 Å². The molecule has 192 valence electrons. The van der Waals surface area contributed by atoms with E-state index < -0.39 is 64.5 Å². The van der Waals surface area contributed by atoms with Gasteiger partial charge >= 0.3 is 17.9 Å². The summed E-state index contributed by atoms with van der Waals surface area (Å²) in [4.78, 5) is 64.7. The van der Waals surface area contributed by atoms with Crippen LogP contribution in [0.5, 0.6) is 5.75 Å².